The molecule has 0 N–H and O–H groups in total. The van der Waals surface area contributed by atoms with Crippen LogP contribution in [0.4, 0.5) is 0 Å². The Kier molecular flexibility index (Phi) is 4.78. The molecule has 1 fully saturated rings. The lowest BCUT2D eigenvalue weighted by molar-refractivity contribution is 0.179. The van der Waals surface area contributed by atoms with Crippen molar-refractivity contribution in [2.45, 2.75) is 58.5 Å². The van der Waals surface area contributed by atoms with E-state index in [4.69, 9.17) is 4.74 Å². The molecule has 0 spiro atoms. The quantitative estimate of drug-likeness (QED) is 0.596. The lowest BCUT2D eigenvalue weighted by atomic mass is 10.1. The van der Waals surface area contributed by atoms with Crippen molar-refractivity contribution in [1.82, 2.24) is 0 Å². The smallest absolute Gasteiger partial charge is 0.115 e. The molecule has 1 heteroatoms. The highest BCUT2D eigenvalue weighted by Gasteiger charge is 2.19. The van der Waals surface area contributed by atoms with E-state index in [1.165, 1.54) is 37.7 Å². The van der Waals surface area contributed by atoms with Crippen molar-refractivity contribution in [3.05, 3.63) is 24.0 Å². The highest BCUT2D eigenvalue weighted by Crippen LogP contribution is 2.27. The molecule has 0 aromatic rings. The first kappa shape index (κ1) is 11.4. The first-order valence-corrected chi connectivity index (χ1v) is 5.79. The fraction of sp³-hybridized carbons (Fsp3) is 0.692. The van der Waals surface area contributed by atoms with Crippen LogP contribution in [0.15, 0.2) is 24.0 Å². The van der Waals surface area contributed by atoms with Gasteiger partial charge in [0.05, 0.1) is 0 Å². The first-order chi connectivity index (χ1) is 6.74. The number of unbranched alkanes of at least 4 members (excludes halogenated alkanes) is 4. The summed E-state index contributed by atoms with van der Waals surface area (Å²) >= 11 is 0. The lowest BCUT2D eigenvalue weighted by Crippen LogP contribution is -1.93. The maximum Gasteiger partial charge on any atom is 0.115 e. The van der Waals surface area contributed by atoms with E-state index in [1.54, 1.807) is 0 Å². The average molecular weight is 194 g/mol. The molecule has 14 heavy (non-hydrogen) atoms. The summed E-state index contributed by atoms with van der Waals surface area (Å²) in [6.45, 7) is 8.25. The van der Waals surface area contributed by atoms with Gasteiger partial charge in [-0.2, -0.15) is 0 Å². The van der Waals surface area contributed by atoms with E-state index in [-0.39, 0.29) is 0 Å². The van der Waals surface area contributed by atoms with Crippen molar-refractivity contribution < 1.29 is 4.74 Å². The molecule has 0 amide bonds. The number of hydrogen-bond donors (Lipinski definition) is 0. The molecule has 0 aromatic carbocycles. The number of ether oxygens (including phenoxy) is 1. The third-order valence-electron chi connectivity index (χ3n) is 2.66. The van der Waals surface area contributed by atoms with Crippen molar-refractivity contribution >= 4 is 0 Å². The molecule has 80 valence electrons. The predicted molar refractivity (Wildman–Crippen MR) is 61.1 cm³/mol. The normalized spacial score (nSPS) is 24.3. The van der Waals surface area contributed by atoms with Crippen LogP contribution in [0.1, 0.15) is 52.4 Å². The zero-order chi connectivity index (χ0) is 10.4. The number of rotatable bonds is 5. The second kappa shape index (κ2) is 5.90. The fourth-order valence-electron chi connectivity index (χ4n) is 1.83. The van der Waals surface area contributed by atoms with Crippen molar-refractivity contribution in [2.24, 2.45) is 0 Å². The monoisotopic (exact) mass is 194 g/mol. The minimum atomic E-state index is 0.337. The van der Waals surface area contributed by atoms with Crippen LogP contribution in [-0.2, 0) is 4.74 Å². The van der Waals surface area contributed by atoms with Crippen molar-refractivity contribution in [2.75, 3.05) is 0 Å². The van der Waals surface area contributed by atoms with Gasteiger partial charge in [-0.1, -0.05) is 38.8 Å². The lowest BCUT2D eigenvalue weighted by Gasteiger charge is -1.99. The summed E-state index contributed by atoms with van der Waals surface area (Å²) in [6, 6.07) is 0. The fourth-order valence-corrected chi connectivity index (χ4v) is 1.83. The Bertz CT molecular complexity index is 215. The summed E-state index contributed by atoms with van der Waals surface area (Å²) < 4.78 is 5.49. The molecule has 1 heterocycles. The summed E-state index contributed by atoms with van der Waals surface area (Å²) in [5, 5.41) is 0. The molecule has 0 aromatic heterocycles. The minimum Gasteiger partial charge on any atom is -0.491 e. The molecule has 1 nitrogen and oxygen atoms in total. The van der Waals surface area contributed by atoms with Gasteiger partial charge in [-0.15, -0.1) is 0 Å². The predicted octanol–water partition coefficient (Wildman–Crippen LogP) is 4.21. The standard InChI is InChI=1S/C13H22O/c1-4-5-6-7-8-9-13-10-11(2)14-12(13)3/h9,11H,3-8,10H2,1-2H3/b13-9-. The third-order valence-corrected chi connectivity index (χ3v) is 2.66. The van der Waals surface area contributed by atoms with Gasteiger partial charge in [0.2, 0.25) is 0 Å². The van der Waals surface area contributed by atoms with Crippen LogP contribution < -0.4 is 0 Å². The third kappa shape index (κ3) is 3.57. The van der Waals surface area contributed by atoms with E-state index in [0.717, 1.165) is 12.2 Å². The van der Waals surface area contributed by atoms with Crippen molar-refractivity contribution in [1.29, 1.82) is 0 Å². The summed E-state index contributed by atoms with van der Waals surface area (Å²) in [5.74, 6) is 0.896. The first-order valence-electron chi connectivity index (χ1n) is 5.79. The number of allylic oxidation sites excluding steroid dienone is 2. The van der Waals surface area contributed by atoms with Crippen LogP contribution in [-0.4, -0.2) is 6.10 Å². The van der Waals surface area contributed by atoms with Gasteiger partial charge in [0.25, 0.3) is 0 Å². The van der Waals surface area contributed by atoms with Gasteiger partial charge < -0.3 is 4.74 Å². The average Bonchev–Trinajstić information content (AvgIpc) is 2.45. The Hall–Kier alpha value is -0.720. The van der Waals surface area contributed by atoms with E-state index >= 15 is 0 Å². The highest BCUT2D eigenvalue weighted by molar-refractivity contribution is 5.27. The molecular weight excluding hydrogens is 172 g/mol. The van der Waals surface area contributed by atoms with Crippen LogP contribution >= 0.6 is 0 Å². The van der Waals surface area contributed by atoms with Crippen molar-refractivity contribution in [3.8, 4) is 0 Å². The van der Waals surface area contributed by atoms with Crippen LogP contribution in [0, 0.1) is 0 Å². The molecule has 0 aliphatic carbocycles. The Morgan fingerprint density at radius 2 is 2.21 bits per heavy atom. The second-order valence-electron chi connectivity index (χ2n) is 4.13. The summed E-state index contributed by atoms with van der Waals surface area (Å²) in [5.41, 5.74) is 1.33. The topological polar surface area (TPSA) is 9.23 Å². The van der Waals surface area contributed by atoms with Gasteiger partial charge >= 0.3 is 0 Å². The van der Waals surface area contributed by atoms with Gasteiger partial charge in [-0.3, -0.25) is 0 Å². The molecule has 1 rings (SSSR count). The van der Waals surface area contributed by atoms with Gasteiger partial charge in [-0.25, -0.2) is 0 Å². The number of hydrogen-bond acceptors (Lipinski definition) is 1. The SMILES string of the molecule is C=C1OC(C)C/C1=C/CCCCCC. The van der Waals surface area contributed by atoms with E-state index in [9.17, 15) is 0 Å². The Labute approximate surface area is 87.8 Å². The second-order valence-corrected chi connectivity index (χ2v) is 4.13. The van der Waals surface area contributed by atoms with Crippen LogP contribution in [0.5, 0.6) is 0 Å². The Morgan fingerprint density at radius 3 is 2.79 bits per heavy atom. The summed E-state index contributed by atoms with van der Waals surface area (Å²) in [7, 11) is 0. The molecule has 0 bridgehead atoms. The van der Waals surface area contributed by atoms with Crippen molar-refractivity contribution in [3.63, 3.8) is 0 Å². The van der Waals surface area contributed by atoms with Gasteiger partial charge in [-0.05, 0) is 25.3 Å². The molecule has 1 aliphatic rings. The van der Waals surface area contributed by atoms with Gasteiger partial charge in [0.15, 0.2) is 0 Å². The van der Waals surface area contributed by atoms with Gasteiger partial charge in [0, 0.05) is 6.42 Å². The van der Waals surface area contributed by atoms with Gasteiger partial charge in [0.1, 0.15) is 11.9 Å². The van der Waals surface area contributed by atoms with Crippen LogP contribution in [0.25, 0.3) is 0 Å². The van der Waals surface area contributed by atoms with E-state index < -0.39 is 0 Å². The van der Waals surface area contributed by atoms with Crippen LogP contribution in [0.2, 0.25) is 0 Å². The molecule has 0 radical (unpaired) electrons. The Balaban J connectivity index is 2.20. The molecule has 1 aliphatic heterocycles. The highest BCUT2D eigenvalue weighted by atomic mass is 16.5. The van der Waals surface area contributed by atoms with E-state index in [2.05, 4.69) is 26.5 Å². The zero-order valence-corrected chi connectivity index (χ0v) is 9.51. The summed E-state index contributed by atoms with van der Waals surface area (Å²) in [4.78, 5) is 0. The largest absolute Gasteiger partial charge is 0.491 e. The summed E-state index contributed by atoms with van der Waals surface area (Å²) in [6.07, 6.45) is 10.2. The maximum absolute atomic E-state index is 5.49. The molecule has 1 unspecified atom stereocenters. The molecule has 1 atom stereocenters. The minimum absolute atomic E-state index is 0.337. The molecular formula is C13H22O. The van der Waals surface area contributed by atoms with E-state index in [0.29, 0.717) is 6.10 Å². The Morgan fingerprint density at radius 1 is 1.43 bits per heavy atom. The van der Waals surface area contributed by atoms with E-state index in [1.807, 2.05) is 0 Å². The maximum atomic E-state index is 5.49. The van der Waals surface area contributed by atoms with Crippen LogP contribution in [0.3, 0.4) is 0 Å². The molecule has 0 saturated carbocycles. The zero-order valence-electron chi connectivity index (χ0n) is 9.51. The molecule has 1 saturated heterocycles.